The molecule has 1 aliphatic rings. The van der Waals surface area contributed by atoms with Crippen LogP contribution in [0.5, 0.6) is 5.75 Å². The molecule has 2 nitrogen and oxygen atoms in total. The van der Waals surface area contributed by atoms with E-state index in [4.69, 9.17) is 4.74 Å². The largest absolute Gasteiger partial charge is 0.432 e. The monoisotopic (exact) mass is 508 g/mol. The van der Waals surface area contributed by atoms with Gasteiger partial charge in [-0.1, -0.05) is 37.6 Å². The Balaban J connectivity index is 1.53. The highest BCUT2D eigenvalue weighted by molar-refractivity contribution is 5.64. The van der Waals surface area contributed by atoms with Gasteiger partial charge in [0.1, 0.15) is 34.6 Å². The molecule has 4 rings (SSSR count). The first-order chi connectivity index (χ1) is 17.1. The van der Waals surface area contributed by atoms with Gasteiger partial charge >= 0.3 is 6.11 Å². The number of benzene rings is 3. The highest BCUT2D eigenvalue weighted by Gasteiger charge is 2.41. The maximum atomic E-state index is 14.7. The van der Waals surface area contributed by atoms with E-state index >= 15 is 0 Å². The third-order valence-corrected chi connectivity index (χ3v) is 6.52. The van der Waals surface area contributed by atoms with Crippen LogP contribution in [-0.2, 0) is 10.8 Å². The molecule has 0 N–H and O–H groups in total. The third kappa shape index (κ3) is 5.53. The lowest BCUT2D eigenvalue weighted by Gasteiger charge is -2.29. The topological polar surface area (TPSA) is 18.5 Å². The molecule has 8 heteroatoms. The number of hydrogen-bond acceptors (Lipinski definition) is 2. The lowest BCUT2D eigenvalue weighted by Crippen LogP contribution is -2.25. The molecule has 3 aromatic rings. The molecule has 1 heterocycles. The average molecular weight is 509 g/mol. The predicted octanol–water partition coefficient (Wildman–Crippen LogP) is 8.61. The van der Waals surface area contributed by atoms with Gasteiger partial charge in [0.25, 0.3) is 0 Å². The Kier molecular flexibility index (Phi) is 7.64. The predicted molar refractivity (Wildman–Crippen MR) is 124 cm³/mol. The molecule has 0 radical (unpaired) electrons. The molecule has 0 aromatic heterocycles. The number of alkyl halides is 2. The van der Waals surface area contributed by atoms with Gasteiger partial charge in [-0.3, -0.25) is 0 Å². The minimum atomic E-state index is -4.52. The van der Waals surface area contributed by atoms with Gasteiger partial charge < -0.3 is 9.47 Å². The number of ether oxygens (including phenoxy) is 2. The molecule has 1 fully saturated rings. The second kappa shape index (κ2) is 10.5. The van der Waals surface area contributed by atoms with Crippen LogP contribution in [0.1, 0.15) is 55.4 Å². The second-order valence-corrected chi connectivity index (χ2v) is 9.12. The molecule has 0 amide bonds. The first-order valence-corrected chi connectivity index (χ1v) is 11.8. The molecule has 3 aromatic carbocycles. The molecular formula is C28H26F6O2. The summed E-state index contributed by atoms with van der Waals surface area (Å²) in [6.07, 6.45) is -0.390. The second-order valence-electron chi connectivity index (χ2n) is 9.12. The van der Waals surface area contributed by atoms with Crippen molar-refractivity contribution in [2.75, 3.05) is 6.61 Å². The van der Waals surface area contributed by atoms with E-state index in [1.165, 1.54) is 0 Å². The Hall–Kier alpha value is -3.00. The molecule has 0 spiro atoms. The quantitative estimate of drug-likeness (QED) is 0.298. The van der Waals surface area contributed by atoms with Gasteiger partial charge in [0.05, 0.1) is 12.7 Å². The van der Waals surface area contributed by atoms with E-state index < -0.39 is 46.3 Å². The highest BCUT2D eigenvalue weighted by atomic mass is 19.3. The Morgan fingerprint density at radius 1 is 0.861 bits per heavy atom. The van der Waals surface area contributed by atoms with Crippen molar-refractivity contribution in [3.05, 3.63) is 88.5 Å². The zero-order valence-electron chi connectivity index (χ0n) is 19.9. The van der Waals surface area contributed by atoms with Crippen molar-refractivity contribution in [1.29, 1.82) is 0 Å². The van der Waals surface area contributed by atoms with Crippen LogP contribution < -0.4 is 4.74 Å². The van der Waals surface area contributed by atoms with Gasteiger partial charge in [-0.15, -0.1) is 0 Å². The van der Waals surface area contributed by atoms with Crippen LogP contribution in [0.2, 0.25) is 0 Å². The lowest BCUT2D eigenvalue weighted by molar-refractivity contribution is -0.189. The third-order valence-electron chi connectivity index (χ3n) is 6.52. The van der Waals surface area contributed by atoms with Gasteiger partial charge in [-0.25, -0.2) is 17.6 Å². The minimum absolute atomic E-state index is 0.0519. The van der Waals surface area contributed by atoms with E-state index in [2.05, 4.69) is 11.7 Å². The Morgan fingerprint density at radius 2 is 1.47 bits per heavy atom. The summed E-state index contributed by atoms with van der Waals surface area (Å²) < 4.78 is 96.4. The average Bonchev–Trinajstić information content (AvgIpc) is 2.82. The van der Waals surface area contributed by atoms with Crippen LogP contribution in [0.15, 0.2) is 48.5 Å². The first-order valence-electron chi connectivity index (χ1n) is 11.8. The minimum Gasteiger partial charge on any atom is -0.429 e. The van der Waals surface area contributed by atoms with Crippen LogP contribution in [0.4, 0.5) is 26.3 Å². The van der Waals surface area contributed by atoms with Gasteiger partial charge in [0.15, 0.2) is 0 Å². The number of hydrogen-bond donors (Lipinski definition) is 0. The van der Waals surface area contributed by atoms with Crippen molar-refractivity contribution < 1.29 is 35.8 Å². The molecule has 2 unspecified atom stereocenters. The van der Waals surface area contributed by atoms with Crippen LogP contribution >= 0.6 is 0 Å². The van der Waals surface area contributed by atoms with Crippen molar-refractivity contribution in [3.8, 4) is 16.9 Å². The molecule has 2 atom stereocenters. The van der Waals surface area contributed by atoms with Gasteiger partial charge in [0, 0.05) is 17.7 Å². The molecule has 36 heavy (non-hydrogen) atoms. The van der Waals surface area contributed by atoms with E-state index in [9.17, 15) is 26.3 Å². The summed E-state index contributed by atoms with van der Waals surface area (Å²) in [7, 11) is 0. The van der Waals surface area contributed by atoms with Crippen LogP contribution in [0, 0.1) is 36.1 Å². The Morgan fingerprint density at radius 3 is 2.00 bits per heavy atom. The Labute approximate surface area is 205 Å². The summed E-state index contributed by atoms with van der Waals surface area (Å²) in [5.74, 6) is -5.69. The van der Waals surface area contributed by atoms with E-state index in [-0.39, 0.29) is 11.7 Å². The van der Waals surface area contributed by atoms with Crippen LogP contribution in [-0.4, -0.2) is 6.61 Å². The van der Waals surface area contributed by atoms with Crippen molar-refractivity contribution >= 4 is 0 Å². The van der Waals surface area contributed by atoms with E-state index in [1.807, 2.05) is 0 Å². The SMILES string of the molecule is CCCC1CCC(c2ccc(-c3cc(F)c(C(F)(F)Oc4cc(F)c(C)c(F)c4)c(F)c3)cc2)OC1. The molecule has 0 saturated carbocycles. The summed E-state index contributed by atoms with van der Waals surface area (Å²) >= 11 is 0. The molecule has 0 bridgehead atoms. The van der Waals surface area contributed by atoms with Crippen molar-refractivity contribution in [3.63, 3.8) is 0 Å². The highest BCUT2D eigenvalue weighted by Crippen LogP contribution is 2.38. The summed E-state index contributed by atoms with van der Waals surface area (Å²) in [4.78, 5) is 0. The molecule has 192 valence electrons. The molecular weight excluding hydrogens is 482 g/mol. The van der Waals surface area contributed by atoms with E-state index in [1.54, 1.807) is 24.3 Å². The number of rotatable bonds is 7. The molecule has 1 aliphatic heterocycles. The lowest BCUT2D eigenvalue weighted by atomic mass is 9.91. The first kappa shape index (κ1) is 26.1. The van der Waals surface area contributed by atoms with Crippen LogP contribution in [0.3, 0.4) is 0 Å². The smallest absolute Gasteiger partial charge is 0.429 e. The fourth-order valence-corrected chi connectivity index (χ4v) is 4.49. The maximum Gasteiger partial charge on any atom is 0.432 e. The van der Waals surface area contributed by atoms with Crippen molar-refractivity contribution in [2.24, 2.45) is 5.92 Å². The Bertz CT molecular complexity index is 1170. The standard InChI is InChI=1S/C28H26F6O2/c1-3-4-17-5-10-26(35-15-17)19-8-6-18(7-9-19)20-11-24(31)27(25(32)12-20)28(33,34)36-21-13-22(29)16(2)23(30)14-21/h6-9,11-14,17,26H,3-5,10,15H2,1-2H3. The summed E-state index contributed by atoms with van der Waals surface area (Å²) in [6.45, 7) is 3.95. The van der Waals surface area contributed by atoms with E-state index in [0.717, 1.165) is 50.3 Å². The summed E-state index contributed by atoms with van der Waals surface area (Å²) in [6, 6.07) is 9.48. The van der Waals surface area contributed by atoms with E-state index in [0.29, 0.717) is 30.2 Å². The zero-order valence-corrected chi connectivity index (χ0v) is 19.9. The van der Waals surface area contributed by atoms with Gasteiger partial charge in [-0.05, 0) is 60.9 Å². The summed E-state index contributed by atoms with van der Waals surface area (Å²) in [5, 5.41) is 0. The fraction of sp³-hybridized carbons (Fsp3) is 0.357. The maximum absolute atomic E-state index is 14.7. The molecule has 1 saturated heterocycles. The van der Waals surface area contributed by atoms with Crippen molar-refractivity contribution in [2.45, 2.75) is 51.7 Å². The van der Waals surface area contributed by atoms with Crippen molar-refractivity contribution in [1.82, 2.24) is 0 Å². The number of halogens is 6. The van der Waals surface area contributed by atoms with Crippen LogP contribution in [0.25, 0.3) is 11.1 Å². The zero-order chi connectivity index (χ0) is 26.0. The van der Waals surface area contributed by atoms with Gasteiger partial charge in [-0.2, -0.15) is 8.78 Å². The molecule has 0 aliphatic carbocycles. The fourth-order valence-electron chi connectivity index (χ4n) is 4.49. The normalized spacial score (nSPS) is 18.3. The van der Waals surface area contributed by atoms with Gasteiger partial charge in [0.2, 0.25) is 0 Å². The summed E-state index contributed by atoms with van der Waals surface area (Å²) in [5.41, 5.74) is -0.634.